The number of nitrogens with zero attached hydrogens (tertiary/aromatic N) is 4. The summed E-state index contributed by atoms with van der Waals surface area (Å²) < 4.78 is 12.0. The Morgan fingerprint density at radius 1 is 1.03 bits per heavy atom. The molecule has 0 radical (unpaired) electrons. The van der Waals surface area contributed by atoms with Gasteiger partial charge in [0.25, 0.3) is 5.56 Å². The van der Waals surface area contributed by atoms with Crippen LogP contribution in [0.1, 0.15) is 5.56 Å². The standard InChI is InChI=1S/C22H17N5O3/c1-29-18-9-16(10-19(11-18)30-2)25-22-24-13-15-8-14(12-23)21(28)27(20(15)26-22)17-6-4-3-5-7-17/h3-11,13H,1-2H3,(H,24,25,26). The smallest absolute Gasteiger partial charge is 0.274 e. The lowest BCUT2D eigenvalue weighted by Crippen LogP contribution is -2.22. The minimum absolute atomic E-state index is 0.0215. The number of nitriles is 1. The number of fused-ring (bicyclic) bond motifs is 1. The fourth-order valence-corrected chi connectivity index (χ4v) is 3.06. The van der Waals surface area contributed by atoms with E-state index in [1.165, 1.54) is 10.6 Å². The molecule has 0 saturated heterocycles. The van der Waals surface area contributed by atoms with Gasteiger partial charge in [-0.2, -0.15) is 10.2 Å². The average molecular weight is 399 g/mol. The summed E-state index contributed by atoms with van der Waals surface area (Å²) in [6, 6.07) is 17.8. The highest BCUT2D eigenvalue weighted by molar-refractivity contribution is 5.79. The maximum absolute atomic E-state index is 12.9. The van der Waals surface area contributed by atoms with Gasteiger partial charge in [-0.25, -0.2) is 4.98 Å². The minimum atomic E-state index is -0.441. The molecule has 0 aliphatic carbocycles. The van der Waals surface area contributed by atoms with Crippen LogP contribution in [0.4, 0.5) is 11.6 Å². The second kappa shape index (κ2) is 7.93. The summed E-state index contributed by atoms with van der Waals surface area (Å²) in [5, 5.41) is 13.0. The van der Waals surface area contributed by atoms with E-state index in [4.69, 9.17) is 9.47 Å². The molecule has 30 heavy (non-hydrogen) atoms. The fourth-order valence-electron chi connectivity index (χ4n) is 3.06. The van der Waals surface area contributed by atoms with Crippen molar-refractivity contribution in [2.24, 2.45) is 0 Å². The van der Waals surface area contributed by atoms with Crippen molar-refractivity contribution in [2.75, 3.05) is 19.5 Å². The van der Waals surface area contributed by atoms with Crippen molar-refractivity contribution in [1.29, 1.82) is 5.26 Å². The van der Waals surface area contributed by atoms with Gasteiger partial charge in [0, 0.05) is 35.5 Å². The van der Waals surface area contributed by atoms with Gasteiger partial charge in [-0.15, -0.1) is 0 Å². The lowest BCUT2D eigenvalue weighted by molar-refractivity contribution is 0.395. The quantitative estimate of drug-likeness (QED) is 0.549. The van der Waals surface area contributed by atoms with Gasteiger partial charge in [0.15, 0.2) is 5.65 Å². The fraction of sp³-hybridized carbons (Fsp3) is 0.0909. The Kier molecular flexibility index (Phi) is 5.01. The van der Waals surface area contributed by atoms with E-state index in [-0.39, 0.29) is 11.5 Å². The molecule has 0 unspecified atom stereocenters. The van der Waals surface area contributed by atoms with E-state index in [9.17, 15) is 10.1 Å². The summed E-state index contributed by atoms with van der Waals surface area (Å²) in [5.74, 6) is 1.50. The van der Waals surface area contributed by atoms with Gasteiger partial charge in [0.05, 0.1) is 19.9 Å². The molecule has 1 N–H and O–H groups in total. The number of para-hydroxylation sites is 1. The molecule has 0 aliphatic heterocycles. The van der Waals surface area contributed by atoms with E-state index in [0.29, 0.717) is 33.9 Å². The number of methoxy groups -OCH3 is 2. The Labute approximate surface area is 172 Å². The molecule has 0 spiro atoms. The highest BCUT2D eigenvalue weighted by atomic mass is 16.5. The van der Waals surface area contributed by atoms with Crippen LogP contribution in [0, 0.1) is 11.3 Å². The van der Waals surface area contributed by atoms with Crippen LogP contribution in [0.3, 0.4) is 0 Å². The summed E-state index contributed by atoms with van der Waals surface area (Å²) in [7, 11) is 3.13. The van der Waals surface area contributed by atoms with E-state index in [1.54, 1.807) is 50.7 Å². The van der Waals surface area contributed by atoms with Crippen LogP contribution in [-0.4, -0.2) is 28.8 Å². The normalized spacial score (nSPS) is 10.4. The van der Waals surface area contributed by atoms with Crippen molar-refractivity contribution in [3.8, 4) is 23.3 Å². The number of hydrogen-bond acceptors (Lipinski definition) is 7. The van der Waals surface area contributed by atoms with E-state index in [2.05, 4.69) is 15.3 Å². The Morgan fingerprint density at radius 2 is 1.73 bits per heavy atom. The third kappa shape index (κ3) is 3.52. The number of nitrogens with one attached hydrogen (secondary N) is 1. The van der Waals surface area contributed by atoms with Crippen molar-refractivity contribution >= 4 is 22.7 Å². The number of anilines is 2. The zero-order valence-corrected chi connectivity index (χ0v) is 16.3. The molecule has 0 atom stereocenters. The molecule has 148 valence electrons. The molecule has 0 aliphatic rings. The third-order valence-corrected chi connectivity index (χ3v) is 4.48. The van der Waals surface area contributed by atoms with Crippen LogP contribution in [0.5, 0.6) is 11.5 Å². The molecule has 2 aromatic carbocycles. The second-order valence-electron chi connectivity index (χ2n) is 6.34. The van der Waals surface area contributed by atoms with E-state index >= 15 is 0 Å². The van der Waals surface area contributed by atoms with E-state index < -0.39 is 5.56 Å². The molecule has 8 heteroatoms. The van der Waals surface area contributed by atoms with Crippen LogP contribution >= 0.6 is 0 Å². The summed E-state index contributed by atoms with van der Waals surface area (Å²) in [6.45, 7) is 0. The van der Waals surface area contributed by atoms with Crippen LogP contribution in [-0.2, 0) is 0 Å². The first kappa shape index (κ1) is 19.0. The first-order valence-corrected chi connectivity index (χ1v) is 9.01. The van der Waals surface area contributed by atoms with Crippen molar-refractivity contribution in [3.05, 3.63) is 76.7 Å². The summed E-state index contributed by atoms with van der Waals surface area (Å²) in [6.07, 6.45) is 1.57. The summed E-state index contributed by atoms with van der Waals surface area (Å²) >= 11 is 0. The highest BCUT2D eigenvalue weighted by Crippen LogP contribution is 2.27. The van der Waals surface area contributed by atoms with Crippen molar-refractivity contribution in [1.82, 2.24) is 14.5 Å². The molecule has 0 bridgehead atoms. The van der Waals surface area contributed by atoms with Gasteiger partial charge >= 0.3 is 0 Å². The van der Waals surface area contributed by atoms with Crippen LogP contribution in [0.25, 0.3) is 16.7 Å². The van der Waals surface area contributed by atoms with Crippen molar-refractivity contribution < 1.29 is 9.47 Å². The number of pyridine rings is 1. The number of hydrogen-bond donors (Lipinski definition) is 1. The Morgan fingerprint density at radius 3 is 2.37 bits per heavy atom. The third-order valence-electron chi connectivity index (χ3n) is 4.48. The molecule has 0 saturated carbocycles. The number of ether oxygens (including phenoxy) is 2. The van der Waals surface area contributed by atoms with Gasteiger partial charge in [-0.05, 0) is 18.2 Å². The van der Waals surface area contributed by atoms with Crippen molar-refractivity contribution in [3.63, 3.8) is 0 Å². The van der Waals surface area contributed by atoms with Gasteiger partial charge in [-0.3, -0.25) is 9.36 Å². The zero-order valence-electron chi connectivity index (χ0n) is 16.3. The predicted octanol–water partition coefficient (Wildman–Crippen LogP) is 3.41. The zero-order chi connectivity index (χ0) is 21.1. The minimum Gasteiger partial charge on any atom is -0.497 e. The lowest BCUT2D eigenvalue weighted by atomic mass is 10.2. The van der Waals surface area contributed by atoms with Gasteiger partial charge in [0.1, 0.15) is 23.1 Å². The molecular weight excluding hydrogens is 382 g/mol. The molecule has 0 fully saturated rings. The first-order valence-electron chi connectivity index (χ1n) is 9.01. The topological polar surface area (TPSA) is 102 Å². The predicted molar refractivity (Wildman–Crippen MR) is 113 cm³/mol. The molecule has 2 aromatic heterocycles. The SMILES string of the molecule is COc1cc(Nc2ncc3cc(C#N)c(=O)n(-c4ccccc4)c3n2)cc(OC)c1. The van der Waals surface area contributed by atoms with E-state index in [0.717, 1.165) is 0 Å². The Balaban J connectivity index is 1.87. The Bertz CT molecular complexity index is 1300. The molecule has 4 aromatic rings. The highest BCUT2D eigenvalue weighted by Gasteiger charge is 2.14. The number of rotatable bonds is 5. The van der Waals surface area contributed by atoms with Crippen molar-refractivity contribution in [2.45, 2.75) is 0 Å². The van der Waals surface area contributed by atoms with Gasteiger partial charge in [-0.1, -0.05) is 18.2 Å². The first-order chi connectivity index (χ1) is 14.6. The molecular formula is C22H17N5O3. The summed E-state index contributed by atoms with van der Waals surface area (Å²) in [4.78, 5) is 21.7. The molecule has 0 amide bonds. The number of benzene rings is 2. The van der Waals surface area contributed by atoms with Crippen LogP contribution < -0.4 is 20.3 Å². The lowest BCUT2D eigenvalue weighted by Gasteiger charge is -2.13. The maximum Gasteiger partial charge on any atom is 0.274 e. The molecule has 4 rings (SSSR count). The van der Waals surface area contributed by atoms with Gasteiger partial charge < -0.3 is 14.8 Å². The number of aromatic nitrogens is 3. The Hall–Kier alpha value is -4.38. The van der Waals surface area contributed by atoms with Crippen LogP contribution in [0.15, 0.2) is 65.6 Å². The van der Waals surface area contributed by atoms with E-state index in [1.807, 2.05) is 24.3 Å². The molecule has 8 nitrogen and oxygen atoms in total. The molecule has 2 heterocycles. The largest absolute Gasteiger partial charge is 0.497 e. The monoisotopic (exact) mass is 399 g/mol. The van der Waals surface area contributed by atoms with Gasteiger partial charge in [0.2, 0.25) is 5.95 Å². The second-order valence-corrected chi connectivity index (χ2v) is 6.34. The van der Waals surface area contributed by atoms with Crippen LogP contribution in [0.2, 0.25) is 0 Å². The summed E-state index contributed by atoms with van der Waals surface area (Å²) in [5.41, 5.74) is 1.24. The average Bonchev–Trinajstić information content (AvgIpc) is 2.79. The maximum atomic E-state index is 12.9.